The maximum absolute atomic E-state index is 13.7. The summed E-state index contributed by atoms with van der Waals surface area (Å²) in [7, 11) is 0. The van der Waals surface area contributed by atoms with Gasteiger partial charge in [0.1, 0.15) is 11.5 Å². The minimum atomic E-state index is -0.464. The zero-order valence-corrected chi connectivity index (χ0v) is 17.0. The first kappa shape index (κ1) is 19.6. The Labute approximate surface area is 174 Å². The molecule has 0 saturated heterocycles. The number of imide groups is 1. The van der Waals surface area contributed by atoms with Crippen molar-refractivity contribution < 1.29 is 14.0 Å². The number of carbonyl (C=O) groups excluding carboxylic acids is 2. The minimum Gasteiger partial charge on any atom is -0.350 e. The third kappa shape index (κ3) is 3.50. The van der Waals surface area contributed by atoms with Crippen LogP contribution in [-0.4, -0.2) is 11.8 Å². The van der Waals surface area contributed by atoms with Gasteiger partial charge < -0.3 is 5.32 Å². The summed E-state index contributed by atoms with van der Waals surface area (Å²) in [5.41, 5.74) is 4.79. The lowest BCUT2D eigenvalue weighted by atomic mass is 10.0. The van der Waals surface area contributed by atoms with E-state index in [0.717, 1.165) is 16.7 Å². The van der Waals surface area contributed by atoms with E-state index in [-0.39, 0.29) is 11.3 Å². The summed E-state index contributed by atoms with van der Waals surface area (Å²) in [5, 5.41) is 2.99. The molecule has 0 spiro atoms. The van der Waals surface area contributed by atoms with Crippen LogP contribution in [0.2, 0.25) is 0 Å². The van der Waals surface area contributed by atoms with Crippen LogP contribution in [-0.2, 0) is 9.59 Å². The van der Waals surface area contributed by atoms with Crippen LogP contribution in [0.25, 0.3) is 5.57 Å². The fourth-order valence-electron chi connectivity index (χ4n) is 3.52. The van der Waals surface area contributed by atoms with Crippen molar-refractivity contribution in [3.05, 3.63) is 100 Å². The molecule has 0 saturated carbocycles. The van der Waals surface area contributed by atoms with E-state index in [1.807, 2.05) is 63.2 Å². The zero-order chi connectivity index (χ0) is 21.4. The molecule has 0 radical (unpaired) electrons. The maximum Gasteiger partial charge on any atom is 0.282 e. The van der Waals surface area contributed by atoms with Crippen molar-refractivity contribution in [2.75, 3.05) is 10.2 Å². The van der Waals surface area contributed by atoms with Crippen molar-refractivity contribution >= 4 is 28.8 Å². The van der Waals surface area contributed by atoms with E-state index in [0.29, 0.717) is 16.9 Å². The highest BCUT2D eigenvalue weighted by Crippen LogP contribution is 2.35. The predicted molar refractivity (Wildman–Crippen MR) is 117 cm³/mol. The zero-order valence-electron chi connectivity index (χ0n) is 17.0. The summed E-state index contributed by atoms with van der Waals surface area (Å²) < 4.78 is 13.7. The average Bonchev–Trinajstić information content (AvgIpc) is 2.94. The second kappa shape index (κ2) is 7.59. The standard InChI is InChI=1S/C25H21FN2O2/c1-15-8-11-18(12-9-15)22-23(27-20-6-4-5-19(26)14-20)25(30)28(24(22)29)21-13-16(2)7-10-17(21)3/h4-14,27H,1-3H3. The number of hydrogen-bond acceptors (Lipinski definition) is 3. The smallest absolute Gasteiger partial charge is 0.282 e. The minimum absolute atomic E-state index is 0.135. The van der Waals surface area contributed by atoms with Crippen molar-refractivity contribution in [1.82, 2.24) is 0 Å². The third-order valence-corrected chi connectivity index (χ3v) is 5.12. The Bertz CT molecular complexity index is 1200. The quantitative estimate of drug-likeness (QED) is 0.617. The molecule has 4 rings (SSSR count). The summed E-state index contributed by atoms with van der Waals surface area (Å²) in [4.78, 5) is 28.1. The van der Waals surface area contributed by atoms with Crippen LogP contribution >= 0.6 is 0 Å². The fourth-order valence-corrected chi connectivity index (χ4v) is 3.52. The summed E-state index contributed by atoms with van der Waals surface area (Å²) in [6.45, 7) is 5.72. The van der Waals surface area contributed by atoms with Gasteiger partial charge in [-0.1, -0.05) is 48.0 Å². The van der Waals surface area contributed by atoms with Crippen molar-refractivity contribution in [1.29, 1.82) is 0 Å². The van der Waals surface area contributed by atoms with Crippen LogP contribution in [0.3, 0.4) is 0 Å². The van der Waals surface area contributed by atoms with Gasteiger partial charge in [-0.3, -0.25) is 9.59 Å². The molecule has 0 atom stereocenters. The van der Waals surface area contributed by atoms with Crippen molar-refractivity contribution in [3.63, 3.8) is 0 Å². The topological polar surface area (TPSA) is 49.4 Å². The maximum atomic E-state index is 13.7. The fraction of sp³-hybridized carbons (Fsp3) is 0.120. The number of benzene rings is 3. The molecule has 1 heterocycles. The highest BCUT2D eigenvalue weighted by Gasteiger charge is 2.40. The Morgan fingerprint density at radius 3 is 2.20 bits per heavy atom. The number of halogens is 1. The molecule has 0 bridgehead atoms. The molecule has 3 aromatic rings. The first-order chi connectivity index (χ1) is 14.3. The first-order valence-corrected chi connectivity index (χ1v) is 9.65. The van der Waals surface area contributed by atoms with E-state index in [2.05, 4.69) is 5.32 Å². The highest BCUT2D eigenvalue weighted by molar-refractivity contribution is 6.46. The Kier molecular flexibility index (Phi) is 4.96. The average molecular weight is 400 g/mol. The van der Waals surface area contributed by atoms with Crippen LogP contribution in [0.15, 0.2) is 72.4 Å². The Morgan fingerprint density at radius 2 is 1.50 bits per heavy atom. The van der Waals surface area contributed by atoms with Crippen molar-refractivity contribution in [2.45, 2.75) is 20.8 Å². The third-order valence-electron chi connectivity index (χ3n) is 5.12. The molecule has 0 aromatic heterocycles. The van der Waals surface area contributed by atoms with Gasteiger partial charge in [0.25, 0.3) is 11.8 Å². The van der Waals surface area contributed by atoms with Gasteiger partial charge in [-0.15, -0.1) is 0 Å². The van der Waals surface area contributed by atoms with Gasteiger partial charge >= 0.3 is 0 Å². The lowest BCUT2D eigenvalue weighted by molar-refractivity contribution is -0.120. The molecule has 5 heteroatoms. The molecule has 150 valence electrons. The summed E-state index contributed by atoms with van der Waals surface area (Å²) >= 11 is 0. The largest absolute Gasteiger partial charge is 0.350 e. The van der Waals surface area contributed by atoms with Gasteiger partial charge in [-0.2, -0.15) is 0 Å². The van der Waals surface area contributed by atoms with Crippen LogP contribution in [0.1, 0.15) is 22.3 Å². The van der Waals surface area contributed by atoms with Crippen LogP contribution < -0.4 is 10.2 Å². The number of carbonyl (C=O) groups is 2. The van der Waals surface area contributed by atoms with Crippen molar-refractivity contribution in [2.24, 2.45) is 0 Å². The van der Waals surface area contributed by atoms with E-state index >= 15 is 0 Å². The van der Waals surface area contributed by atoms with Gasteiger partial charge in [0.15, 0.2) is 0 Å². The number of hydrogen-bond donors (Lipinski definition) is 1. The molecular formula is C25H21FN2O2. The molecule has 0 fully saturated rings. The number of nitrogens with zero attached hydrogens (tertiary/aromatic N) is 1. The number of aryl methyl sites for hydroxylation is 3. The van der Waals surface area contributed by atoms with E-state index in [1.54, 1.807) is 12.1 Å². The van der Waals surface area contributed by atoms with E-state index in [1.165, 1.54) is 17.0 Å². The SMILES string of the molecule is Cc1ccc(C2=C(Nc3cccc(F)c3)C(=O)N(c3cc(C)ccc3C)C2=O)cc1. The summed E-state index contributed by atoms with van der Waals surface area (Å²) in [6.07, 6.45) is 0. The number of rotatable bonds is 4. The van der Waals surface area contributed by atoms with Gasteiger partial charge in [-0.25, -0.2) is 9.29 Å². The second-order valence-electron chi connectivity index (χ2n) is 7.49. The molecule has 0 aliphatic carbocycles. The summed E-state index contributed by atoms with van der Waals surface area (Å²) in [6, 6.07) is 18.9. The Morgan fingerprint density at radius 1 is 0.800 bits per heavy atom. The highest BCUT2D eigenvalue weighted by atomic mass is 19.1. The predicted octanol–water partition coefficient (Wildman–Crippen LogP) is 5.15. The number of amides is 2. The second-order valence-corrected chi connectivity index (χ2v) is 7.49. The van der Waals surface area contributed by atoms with E-state index < -0.39 is 17.6 Å². The molecule has 1 aliphatic rings. The molecule has 2 amide bonds. The lowest BCUT2D eigenvalue weighted by Gasteiger charge is -2.18. The number of nitrogens with one attached hydrogen (secondary N) is 1. The summed E-state index contributed by atoms with van der Waals surface area (Å²) in [5.74, 6) is -1.30. The van der Waals surface area contributed by atoms with Gasteiger partial charge in [0.05, 0.1) is 11.3 Å². The molecule has 1 N–H and O–H groups in total. The van der Waals surface area contributed by atoms with E-state index in [4.69, 9.17) is 0 Å². The molecule has 0 unspecified atom stereocenters. The number of anilines is 2. The Balaban J connectivity index is 1.86. The monoisotopic (exact) mass is 400 g/mol. The molecular weight excluding hydrogens is 379 g/mol. The van der Waals surface area contributed by atoms with Crippen LogP contribution in [0, 0.1) is 26.6 Å². The lowest BCUT2D eigenvalue weighted by Crippen LogP contribution is -2.33. The van der Waals surface area contributed by atoms with Gasteiger partial charge in [-0.05, 0) is 61.7 Å². The first-order valence-electron chi connectivity index (χ1n) is 9.65. The molecule has 3 aromatic carbocycles. The van der Waals surface area contributed by atoms with E-state index in [9.17, 15) is 14.0 Å². The molecule has 4 nitrogen and oxygen atoms in total. The van der Waals surface area contributed by atoms with Gasteiger partial charge in [0.2, 0.25) is 0 Å². The normalized spacial score (nSPS) is 13.9. The van der Waals surface area contributed by atoms with Gasteiger partial charge in [0, 0.05) is 5.69 Å². The van der Waals surface area contributed by atoms with Crippen LogP contribution in [0.5, 0.6) is 0 Å². The molecule has 30 heavy (non-hydrogen) atoms. The van der Waals surface area contributed by atoms with Crippen molar-refractivity contribution in [3.8, 4) is 0 Å². The molecule has 1 aliphatic heterocycles. The Hall–Kier alpha value is -3.73. The van der Waals surface area contributed by atoms with Crippen LogP contribution in [0.4, 0.5) is 15.8 Å².